The molecule has 1 aliphatic heterocycles. The van der Waals surface area contributed by atoms with Gasteiger partial charge in [-0.15, -0.1) is 0 Å². The SMILES string of the molecule is C=C(c1ccccc1CC)N1CCCN(C2=CCCCC=C2CC)CC1. The highest BCUT2D eigenvalue weighted by molar-refractivity contribution is 5.65. The van der Waals surface area contributed by atoms with Gasteiger partial charge in [-0.05, 0) is 49.7 Å². The summed E-state index contributed by atoms with van der Waals surface area (Å²) in [4.78, 5) is 5.13. The molecule has 3 rings (SSSR count). The Hall–Kier alpha value is -1.96. The zero-order chi connectivity index (χ0) is 18.4. The van der Waals surface area contributed by atoms with E-state index in [2.05, 4.69) is 66.6 Å². The Morgan fingerprint density at radius 1 is 0.923 bits per heavy atom. The normalized spacial score (nSPS) is 18.7. The van der Waals surface area contributed by atoms with Gasteiger partial charge in [0.1, 0.15) is 0 Å². The van der Waals surface area contributed by atoms with Crippen molar-refractivity contribution < 1.29 is 0 Å². The van der Waals surface area contributed by atoms with Gasteiger partial charge in [-0.1, -0.05) is 56.8 Å². The van der Waals surface area contributed by atoms with Crippen LogP contribution in [0.15, 0.2) is 54.3 Å². The van der Waals surface area contributed by atoms with Crippen LogP contribution in [0.3, 0.4) is 0 Å². The molecule has 2 heteroatoms. The lowest BCUT2D eigenvalue weighted by atomic mass is 10.0. The van der Waals surface area contributed by atoms with E-state index in [9.17, 15) is 0 Å². The van der Waals surface area contributed by atoms with Gasteiger partial charge in [-0.2, -0.15) is 0 Å². The van der Waals surface area contributed by atoms with Crippen molar-refractivity contribution in [2.75, 3.05) is 26.2 Å². The van der Waals surface area contributed by atoms with Crippen molar-refractivity contribution >= 4 is 5.70 Å². The van der Waals surface area contributed by atoms with Crippen molar-refractivity contribution in [3.63, 3.8) is 0 Å². The average Bonchev–Trinajstić information content (AvgIpc) is 3.07. The minimum atomic E-state index is 1.06. The minimum absolute atomic E-state index is 1.06. The van der Waals surface area contributed by atoms with Gasteiger partial charge in [0.25, 0.3) is 0 Å². The van der Waals surface area contributed by atoms with Crippen LogP contribution in [0.5, 0.6) is 0 Å². The fraction of sp³-hybridized carbons (Fsp3) is 0.500. The monoisotopic (exact) mass is 350 g/mol. The molecule has 0 aromatic heterocycles. The highest BCUT2D eigenvalue weighted by Gasteiger charge is 2.21. The quantitative estimate of drug-likeness (QED) is 0.679. The van der Waals surface area contributed by atoms with Gasteiger partial charge in [0.15, 0.2) is 0 Å². The summed E-state index contributed by atoms with van der Waals surface area (Å²) < 4.78 is 0. The molecule has 0 spiro atoms. The van der Waals surface area contributed by atoms with Crippen molar-refractivity contribution in [2.45, 2.75) is 52.4 Å². The largest absolute Gasteiger partial charge is 0.370 e. The van der Waals surface area contributed by atoms with Gasteiger partial charge in [-0.25, -0.2) is 0 Å². The first-order valence-electron chi connectivity index (χ1n) is 10.4. The van der Waals surface area contributed by atoms with Crippen molar-refractivity contribution in [3.8, 4) is 0 Å². The molecule has 1 aromatic carbocycles. The van der Waals surface area contributed by atoms with E-state index in [1.165, 1.54) is 48.2 Å². The van der Waals surface area contributed by atoms with Gasteiger partial charge >= 0.3 is 0 Å². The van der Waals surface area contributed by atoms with Gasteiger partial charge in [0, 0.05) is 43.1 Å². The van der Waals surface area contributed by atoms with E-state index in [-0.39, 0.29) is 0 Å². The van der Waals surface area contributed by atoms with Crippen LogP contribution >= 0.6 is 0 Å². The van der Waals surface area contributed by atoms with Crippen molar-refractivity contribution in [1.82, 2.24) is 9.80 Å². The summed E-state index contributed by atoms with van der Waals surface area (Å²) >= 11 is 0. The van der Waals surface area contributed by atoms with E-state index in [0.717, 1.165) is 39.0 Å². The molecule has 0 saturated carbocycles. The molecule has 0 bridgehead atoms. The fourth-order valence-corrected chi connectivity index (χ4v) is 4.23. The molecule has 0 radical (unpaired) electrons. The van der Waals surface area contributed by atoms with Crippen LogP contribution in [0.1, 0.15) is 57.1 Å². The predicted octanol–water partition coefficient (Wildman–Crippen LogP) is 5.63. The molecular formula is C24H34N2. The minimum Gasteiger partial charge on any atom is -0.370 e. The molecule has 2 nitrogen and oxygen atoms in total. The van der Waals surface area contributed by atoms with Gasteiger partial charge in [0.2, 0.25) is 0 Å². The second-order valence-electron chi connectivity index (χ2n) is 7.39. The number of rotatable bonds is 5. The van der Waals surface area contributed by atoms with E-state index in [0.29, 0.717) is 0 Å². The Morgan fingerprint density at radius 2 is 1.73 bits per heavy atom. The van der Waals surface area contributed by atoms with E-state index < -0.39 is 0 Å². The molecule has 1 heterocycles. The Kier molecular flexibility index (Phi) is 6.60. The number of hydrogen-bond donors (Lipinski definition) is 0. The third-order valence-electron chi connectivity index (χ3n) is 5.77. The third kappa shape index (κ3) is 4.23. The summed E-state index contributed by atoms with van der Waals surface area (Å²) in [5.41, 5.74) is 6.98. The Morgan fingerprint density at radius 3 is 2.54 bits per heavy atom. The maximum atomic E-state index is 4.46. The maximum absolute atomic E-state index is 4.46. The van der Waals surface area contributed by atoms with Gasteiger partial charge < -0.3 is 9.80 Å². The maximum Gasteiger partial charge on any atom is 0.0370 e. The summed E-state index contributed by atoms with van der Waals surface area (Å²) in [5.74, 6) is 0. The summed E-state index contributed by atoms with van der Waals surface area (Å²) in [7, 11) is 0. The van der Waals surface area contributed by atoms with Crippen molar-refractivity contribution in [1.29, 1.82) is 0 Å². The molecule has 1 aromatic rings. The lowest BCUT2D eigenvalue weighted by Gasteiger charge is -2.29. The standard InChI is InChI=1S/C24H34N2/c1-4-21-12-9-10-14-23(21)20(3)25-16-11-17-26(19-18-25)24-15-8-6-7-13-22(24)5-2/h9-10,12-15H,3-8,11,16-19H2,1-2H3. The lowest BCUT2D eigenvalue weighted by Crippen LogP contribution is -2.30. The van der Waals surface area contributed by atoms with E-state index in [4.69, 9.17) is 0 Å². The zero-order valence-electron chi connectivity index (χ0n) is 16.6. The van der Waals surface area contributed by atoms with E-state index >= 15 is 0 Å². The highest BCUT2D eigenvalue weighted by Crippen LogP contribution is 2.27. The lowest BCUT2D eigenvalue weighted by molar-refractivity contribution is 0.353. The second kappa shape index (κ2) is 9.12. The molecule has 140 valence electrons. The van der Waals surface area contributed by atoms with E-state index in [1.54, 1.807) is 5.57 Å². The van der Waals surface area contributed by atoms with Crippen LogP contribution in [0, 0.1) is 0 Å². The first kappa shape index (κ1) is 18.8. The summed E-state index contributed by atoms with van der Waals surface area (Å²) in [6, 6.07) is 8.74. The van der Waals surface area contributed by atoms with Gasteiger partial charge in [-0.3, -0.25) is 0 Å². The van der Waals surface area contributed by atoms with Gasteiger partial charge in [0.05, 0.1) is 0 Å². The smallest absolute Gasteiger partial charge is 0.0370 e. The van der Waals surface area contributed by atoms with Crippen molar-refractivity contribution in [3.05, 3.63) is 65.4 Å². The molecule has 0 N–H and O–H groups in total. The highest BCUT2D eigenvalue weighted by atomic mass is 15.2. The number of hydrogen-bond acceptors (Lipinski definition) is 2. The summed E-state index contributed by atoms with van der Waals surface area (Å²) in [5, 5.41) is 0. The first-order chi connectivity index (χ1) is 12.7. The molecule has 2 aliphatic rings. The summed E-state index contributed by atoms with van der Waals surface area (Å²) in [6.07, 6.45) is 12.1. The number of aryl methyl sites for hydroxylation is 1. The molecule has 1 saturated heterocycles. The third-order valence-corrected chi connectivity index (χ3v) is 5.77. The topological polar surface area (TPSA) is 6.48 Å². The van der Waals surface area contributed by atoms with Crippen LogP contribution in [-0.4, -0.2) is 36.0 Å². The average molecular weight is 351 g/mol. The molecule has 0 atom stereocenters. The Balaban J connectivity index is 1.72. The second-order valence-corrected chi connectivity index (χ2v) is 7.39. The van der Waals surface area contributed by atoms with Crippen LogP contribution in [0.25, 0.3) is 5.70 Å². The molecule has 26 heavy (non-hydrogen) atoms. The number of benzene rings is 1. The van der Waals surface area contributed by atoms with Crippen LogP contribution < -0.4 is 0 Å². The summed E-state index contributed by atoms with van der Waals surface area (Å²) in [6.45, 7) is 13.4. The Bertz CT molecular complexity index is 683. The predicted molar refractivity (Wildman–Crippen MR) is 113 cm³/mol. The Labute approximate surface area is 159 Å². The molecular weight excluding hydrogens is 316 g/mol. The number of allylic oxidation sites excluding steroid dienone is 3. The van der Waals surface area contributed by atoms with E-state index in [1.807, 2.05) is 0 Å². The van der Waals surface area contributed by atoms with Crippen LogP contribution in [-0.2, 0) is 6.42 Å². The zero-order valence-corrected chi connectivity index (χ0v) is 16.6. The van der Waals surface area contributed by atoms with Crippen LogP contribution in [0.4, 0.5) is 0 Å². The molecule has 1 fully saturated rings. The van der Waals surface area contributed by atoms with Crippen LogP contribution in [0.2, 0.25) is 0 Å². The molecule has 0 unspecified atom stereocenters. The number of nitrogens with zero attached hydrogens (tertiary/aromatic N) is 2. The molecule has 1 aliphatic carbocycles. The first-order valence-corrected chi connectivity index (χ1v) is 10.4. The fourth-order valence-electron chi connectivity index (χ4n) is 4.23. The molecule has 0 amide bonds. The van der Waals surface area contributed by atoms with Crippen molar-refractivity contribution in [2.24, 2.45) is 0 Å².